The van der Waals surface area contributed by atoms with Gasteiger partial charge in [-0.05, 0) is 31.4 Å². The largest absolute Gasteiger partial charge is 0.394 e. The third-order valence-electron chi connectivity index (χ3n) is 4.00. The highest BCUT2D eigenvalue weighted by Crippen LogP contribution is 2.23. The van der Waals surface area contributed by atoms with Crippen molar-refractivity contribution in [3.63, 3.8) is 0 Å². The number of nitro benzene ring substituents is 1. The summed E-state index contributed by atoms with van der Waals surface area (Å²) in [5, 5.41) is 20.2. The third kappa shape index (κ3) is 3.39. The molecular formula is C15H20N2O4. The molecule has 1 amide bonds. The van der Waals surface area contributed by atoms with E-state index in [1.807, 2.05) is 0 Å². The molecule has 114 valence electrons. The SMILES string of the molecule is Cc1cc([N+](=O)[O-])ccc1C(=O)N1CCCCCC1CO. The minimum absolute atomic E-state index is 0.0152. The average molecular weight is 292 g/mol. The highest BCUT2D eigenvalue weighted by atomic mass is 16.6. The van der Waals surface area contributed by atoms with Crippen LogP contribution in [0.2, 0.25) is 0 Å². The Bertz CT molecular complexity index is 544. The van der Waals surface area contributed by atoms with Gasteiger partial charge in [-0.1, -0.05) is 12.8 Å². The molecule has 21 heavy (non-hydrogen) atoms. The van der Waals surface area contributed by atoms with Crippen LogP contribution in [0.25, 0.3) is 0 Å². The van der Waals surface area contributed by atoms with Gasteiger partial charge in [-0.3, -0.25) is 14.9 Å². The Balaban J connectivity index is 2.27. The Hall–Kier alpha value is -1.95. The molecule has 0 saturated carbocycles. The van der Waals surface area contributed by atoms with Crippen LogP contribution in [0.15, 0.2) is 18.2 Å². The first-order valence-electron chi connectivity index (χ1n) is 7.21. The molecule has 1 fully saturated rings. The number of aliphatic hydroxyl groups excluding tert-OH is 1. The minimum Gasteiger partial charge on any atom is -0.394 e. The van der Waals surface area contributed by atoms with Gasteiger partial charge in [0, 0.05) is 24.2 Å². The number of carbonyl (C=O) groups excluding carboxylic acids is 1. The van der Waals surface area contributed by atoms with Crippen LogP contribution in [-0.2, 0) is 0 Å². The van der Waals surface area contributed by atoms with Gasteiger partial charge in [-0.2, -0.15) is 0 Å². The van der Waals surface area contributed by atoms with E-state index in [1.165, 1.54) is 18.2 Å². The molecule has 1 aromatic rings. The van der Waals surface area contributed by atoms with Crippen LogP contribution in [0.4, 0.5) is 5.69 Å². The fourth-order valence-electron chi connectivity index (χ4n) is 2.79. The van der Waals surface area contributed by atoms with Crippen molar-refractivity contribution in [1.82, 2.24) is 4.90 Å². The van der Waals surface area contributed by atoms with Crippen molar-refractivity contribution in [2.75, 3.05) is 13.2 Å². The summed E-state index contributed by atoms with van der Waals surface area (Å²) in [6, 6.07) is 4.12. The third-order valence-corrected chi connectivity index (χ3v) is 4.00. The van der Waals surface area contributed by atoms with E-state index in [0.29, 0.717) is 17.7 Å². The number of aliphatic hydroxyl groups is 1. The van der Waals surface area contributed by atoms with E-state index in [4.69, 9.17) is 0 Å². The Morgan fingerprint density at radius 2 is 2.19 bits per heavy atom. The average Bonchev–Trinajstić information content (AvgIpc) is 2.71. The van der Waals surface area contributed by atoms with Crippen molar-refractivity contribution in [2.24, 2.45) is 0 Å². The molecule has 1 N–H and O–H groups in total. The molecule has 0 spiro atoms. The smallest absolute Gasteiger partial charge is 0.269 e. The molecule has 6 heteroatoms. The summed E-state index contributed by atoms with van der Waals surface area (Å²) in [5.41, 5.74) is 1.05. The van der Waals surface area contributed by atoms with Gasteiger partial charge in [0.05, 0.1) is 17.6 Å². The maximum atomic E-state index is 12.7. The first-order valence-corrected chi connectivity index (χ1v) is 7.21. The number of rotatable bonds is 3. The fourth-order valence-corrected chi connectivity index (χ4v) is 2.79. The predicted octanol–water partition coefficient (Wildman–Crippen LogP) is 2.28. The van der Waals surface area contributed by atoms with Crippen molar-refractivity contribution >= 4 is 11.6 Å². The van der Waals surface area contributed by atoms with Gasteiger partial charge in [0.25, 0.3) is 11.6 Å². The van der Waals surface area contributed by atoms with Crippen molar-refractivity contribution in [1.29, 1.82) is 0 Å². The number of non-ortho nitro benzene ring substituents is 1. The normalized spacial score (nSPS) is 19.1. The van der Waals surface area contributed by atoms with Crippen LogP contribution >= 0.6 is 0 Å². The summed E-state index contributed by atoms with van der Waals surface area (Å²) in [6.45, 7) is 2.28. The molecule has 0 bridgehead atoms. The van der Waals surface area contributed by atoms with E-state index in [2.05, 4.69) is 0 Å². The number of carbonyl (C=O) groups is 1. The van der Waals surface area contributed by atoms with Crippen LogP contribution in [0.3, 0.4) is 0 Å². The Labute approximate surface area is 123 Å². The number of nitrogens with zero attached hydrogens (tertiary/aromatic N) is 2. The Morgan fingerprint density at radius 3 is 2.81 bits per heavy atom. The van der Waals surface area contributed by atoms with Crippen LogP contribution in [-0.4, -0.2) is 40.0 Å². The second-order valence-corrected chi connectivity index (χ2v) is 5.44. The Morgan fingerprint density at radius 1 is 1.43 bits per heavy atom. The number of aryl methyl sites for hydroxylation is 1. The molecule has 1 heterocycles. The van der Waals surface area contributed by atoms with Gasteiger partial charge in [0.2, 0.25) is 0 Å². The summed E-state index contributed by atoms with van der Waals surface area (Å²) in [7, 11) is 0. The molecule has 6 nitrogen and oxygen atoms in total. The number of hydrogen-bond donors (Lipinski definition) is 1. The lowest BCUT2D eigenvalue weighted by atomic mass is 10.0. The van der Waals surface area contributed by atoms with Gasteiger partial charge in [0.1, 0.15) is 0 Å². The van der Waals surface area contributed by atoms with Gasteiger partial charge in [-0.25, -0.2) is 0 Å². The number of nitro groups is 1. The summed E-state index contributed by atoms with van der Waals surface area (Å²) in [5.74, 6) is -0.150. The minimum atomic E-state index is -0.469. The van der Waals surface area contributed by atoms with Gasteiger partial charge in [-0.15, -0.1) is 0 Å². The lowest BCUT2D eigenvalue weighted by Crippen LogP contribution is -2.42. The van der Waals surface area contributed by atoms with Gasteiger partial charge < -0.3 is 10.0 Å². The van der Waals surface area contributed by atoms with Crippen LogP contribution in [0, 0.1) is 17.0 Å². The van der Waals surface area contributed by atoms with E-state index in [-0.39, 0.29) is 24.2 Å². The van der Waals surface area contributed by atoms with Crippen molar-refractivity contribution in [3.05, 3.63) is 39.4 Å². The van der Waals surface area contributed by atoms with E-state index < -0.39 is 4.92 Å². The second kappa shape index (κ2) is 6.67. The van der Waals surface area contributed by atoms with E-state index in [1.54, 1.807) is 11.8 Å². The second-order valence-electron chi connectivity index (χ2n) is 5.44. The highest BCUT2D eigenvalue weighted by molar-refractivity contribution is 5.96. The molecule has 2 rings (SSSR count). The maximum Gasteiger partial charge on any atom is 0.269 e. The molecule has 1 saturated heterocycles. The number of benzene rings is 1. The van der Waals surface area contributed by atoms with Crippen LogP contribution < -0.4 is 0 Å². The van der Waals surface area contributed by atoms with E-state index in [0.717, 1.165) is 25.7 Å². The standard InChI is InChI=1S/C15H20N2O4/c1-11-9-12(17(20)21)6-7-14(11)15(19)16-8-4-2-3-5-13(16)10-18/h6-7,9,13,18H,2-5,8,10H2,1H3. The van der Waals surface area contributed by atoms with Crippen molar-refractivity contribution in [2.45, 2.75) is 38.6 Å². The van der Waals surface area contributed by atoms with Gasteiger partial charge >= 0.3 is 0 Å². The molecule has 1 aliphatic rings. The molecule has 1 unspecified atom stereocenters. The molecule has 0 radical (unpaired) electrons. The van der Waals surface area contributed by atoms with E-state index >= 15 is 0 Å². The molecular weight excluding hydrogens is 272 g/mol. The number of likely N-dealkylation sites (tertiary alicyclic amines) is 1. The zero-order valence-electron chi connectivity index (χ0n) is 12.1. The fraction of sp³-hybridized carbons (Fsp3) is 0.533. The molecule has 0 aromatic heterocycles. The van der Waals surface area contributed by atoms with Crippen LogP contribution in [0.5, 0.6) is 0 Å². The molecule has 0 aliphatic carbocycles. The lowest BCUT2D eigenvalue weighted by molar-refractivity contribution is -0.384. The molecule has 1 atom stereocenters. The summed E-state index contributed by atoms with van der Waals surface area (Å²) in [4.78, 5) is 24.7. The van der Waals surface area contributed by atoms with E-state index in [9.17, 15) is 20.0 Å². The molecule has 1 aliphatic heterocycles. The molecule has 1 aromatic carbocycles. The lowest BCUT2D eigenvalue weighted by Gasteiger charge is -2.29. The van der Waals surface area contributed by atoms with Crippen molar-refractivity contribution < 1.29 is 14.8 Å². The first kappa shape index (κ1) is 15.4. The highest BCUT2D eigenvalue weighted by Gasteiger charge is 2.27. The van der Waals surface area contributed by atoms with Crippen molar-refractivity contribution in [3.8, 4) is 0 Å². The van der Waals surface area contributed by atoms with Gasteiger partial charge in [0.15, 0.2) is 0 Å². The topological polar surface area (TPSA) is 83.7 Å². The first-order chi connectivity index (χ1) is 10.0. The number of amides is 1. The Kier molecular flexibility index (Phi) is 4.90. The maximum absolute atomic E-state index is 12.7. The summed E-state index contributed by atoms with van der Waals surface area (Å²) in [6.07, 6.45) is 3.79. The quantitative estimate of drug-likeness (QED) is 0.684. The van der Waals surface area contributed by atoms with Crippen LogP contribution in [0.1, 0.15) is 41.6 Å². The monoisotopic (exact) mass is 292 g/mol. The number of hydrogen-bond acceptors (Lipinski definition) is 4. The summed E-state index contributed by atoms with van der Waals surface area (Å²) < 4.78 is 0. The predicted molar refractivity (Wildman–Crippen MR) is 78.2 cm³/mol. The zero-order valence-corrected chi connectivity index (χ0v) is 12.1. The summed E-state index contributed by atoms with van der Waals surface area (Å²) >= 11 is 0. The zero-order chi connectivity index (χ0) is 15.4.